The lowest BCUT2D eigenvalue weighted by Crippen LogP contribution is -2.13. The van der Waals surface area contributed by atoms with Gasteiger partial charge in [0.25, 0.3) is 0 Å². The van der Waals surface area contributed by atoms with E-state index < -0.39 is 0 Å². The Morgan fingerprint density at radius 3 is 2.53 bits per heavy atom. The van der Waals surface area contributed by atoms with Crippen LogP contribution in [0.15, 0.2) is 47.4 Å². The number of hydrogen-bond donors (Lipinski definition) is 2. The van der Waals surface area contributed by atoms with Crippen molar-refractivity contribution in [2.45, 2.75) is 10.6 Å². The predicted molar refractivity (Wildman–Crippen MR) is 83.5 cm³/mol. The molecule has 0 heterocycles. The molecule has 5 heteroatoms. The van der Waals surface area contributed by atoms with Crippen molar-refractivity contribution in [1.82, 2.24) is 0 Å². The fourth-order valence-electron chi connectivity index (χ4n) is 1.64. The molecule has 0 fully saturated rings. The maximum absolute atomic E-state index is 7.55. The SMILES string of the molecule is N=C(N)c1ccccc1CSc1ccc(Cl)c(Cl)c1. The summed E-state index contributed by atoms with van der Waals surface area (Å²) in [7, 11) is 0. The van der Waals surface area contributed by atoms with E-state index in [1.54, 1.807) is 17.8 Å². The summed E-state index contributed by atoms with van der Waals surface area (Å²) in [5, 5.41) is 8.65. The maximum atomic E-state index is 7.55. The molecule has 0 aliphatic rings. The first-order chi connectivity index (χ1) is 9.08. The van der Waals surface area contributed by atoms with Gasteiger partial charge in [-0.1, -0.05) is 47.5 Å². The van der Waals surface area contributed by atoms with Crippen LogP contribution < -0.4 is 5.73 Å². The van der Waals surface area contributed by atoms with Crippen molar-refractivity contribution in [1.29, 1.82) is 5.41 Å². The zero-order valence-corrected chi connectivity index (χ0v) is 12.3. The molecule has 19 heavy (non-hydrogen) atoms. The second-order valence-corrected chi connectivity index (χ2v) is 5.80. The number of hydrogen-bond acceptors (Lipinski definition) is 2. The molecule has 98 valence electrons. The molecule has 0 bridgehead atoms. The molecule has 0 saturated heterocycles. The van der Waals surface area contributed by atoms with E-state index >= 15 is 0 Å². The summed E-state index contributed by atoms with van der Waals surface area (Å²) in [5.41, 5.74) is 7.37. The van der Waals surface area contributed by atoms with Crippen molar-refractivity contribution in [3.8, 4) is 0 Å². The number of thioether (sulfide) groups is 1. The molecule has 2 aromatic carbocycles. The summed E-state index contributed by atoms with van der Waals surface area (Å²) in [6.45, 7) is 0. The molecule has 0 unspecified atom stereocenters. The van der Waals surface area contributed by atoms with Gasteiger partial charge in [-0.3, -0.25) is 5.41 Å². The van der Waals surface area contributed by atoms with Gasteiger partial charge >= 0.3 is 0 Å². The van der Waals surface area contributed by atoms with Gasteiger partial charge in [0.2, 0.25) is 0 Å². The molecule has 3 N–H and O–H groups in total. The van der Waals surface area contributed by atoms with Crippen LogP contribution in [0.1, 0.15) is 11.1 Å². The van der Waals surface area contributed by atoms with Crippen LogP contribution in [-0.4, -0.2) is 5.84 Å². The summed E-state index contributed by atoms with van der Waals surface area (Å²) in [4.78, 5) is 1.03. The summed E-state index contributed by atoms with van der Waals surface area (Å²) in [5.74, 6) is 0.818. The Morgan fingerprint density at radius 1 is 1.11 bits per heavy atom. The zero-order chi connectivity index (χ0) is 13.8. The molecule has 0 atom stereocenters. The van der Waals surface area contributed by atoms with E-state index in [0.717, 1.165) is 21.8 Å². The Bertz CT molecular complexity index is 614. The first-order valence-corrected chi connectivity index (χ1v) is 7.32. The molecule has 0 aliphatic carbocycles. The van der Waals surface area contributed by atoms with Crippen LogP contribution in [0.25, 0.3) is 0 Å². The number of nitrogens with one attached hydrogen (secondary N) is 1. The Morgan fingerprint density at radius 2 is 1.84 bits per heavy atom. The van der Waals surface area contributed by atoms with Crippen LogP contribution in [0.4, 0.5) is 0 Å². The largest absolute Gasteiger partial charge is 0.384 e. The summed E-state index contributed by atoms with van der Waals surface area (Å²) < 4.78 is 0. The molecular formula is C14H12Cl2N2S. The molecule has 2 aromatic rings. The number of benzene rings is 2. The molecule has 0 saturated carbocycles. The second-order valence-electron chi connectivity index (χ2n) is 3.94. The van der Waals surface area contributed by atoms with Crippen LogP contribution >= 0.6 is 35.0 Å². The molecule has 2 nitrogen and oxygen atoms in total. The highest BCUT2D eigenvalue weighted by Crippen LogP contribution is 2.30. The highest BCUT2D eigenvalue weighted by molar-refractivity contribution is 7.98. The highest BCUT2D eigenvalue weighted by Gasteiger charge is 2.06. The van der Waals surface area contributed by atoms with E-state index in [9.17, 15) is 0 Å². The van der Waals surface area contributed by atoms with Crippen molar-refractivity contribution in [3.05, 3.63) is 63.6 Å². The normalized spacial score (nSPS) is 10.4. The van der Waals surface area contributed by atoms with Crippen molar-refractivity contribution in [2.24, 2.45) is 5.73 Å². The minimum absolute atomic E-state index is 0.0883. The number of nitrogen functional groups attached to an aromatic ring is 1. The van der Waals surface area contributed by atoms with E-state index in [2.05, 4.69) is 0 Å². The van der Waals surface area contributed by atoms with Crippen LogP contribution in [-0.2, 0) is 5.75 Å². The quantitative estimate of drug-likeness (QED) is 0.494. The van der Waals surface area contributed by atoms with Gasteiger partial charge in [-0.25, -0.2) is 0 Å². The van der Waals surface area contributed by atoms with Gasteiger partial charge in [-0.2, -0.15) is 0 Å². The molecule has 0 aliphatic heterocycles. The van der Waals surface area contributed by atoms with Gasteiger partial charge in [0.1, 0.15) is 5.84 Å². The number of nitrogens with two attached hydrogens (primary N) is 1. The first-order valence-electron chi connectivity index (χ1n) is 5.58. The molecular weight excluding hydrogens is 299 g/mol. The molecule has 0 amide bonds. The van der Waals surface area contributed by atoms with Gasteiger partial charge in [0.15, 0.2) is 0 Å². The van der Waals surface area contributed by atoms with Gasteiger partial charge in [0.05, 0.1) is 10.0 Å². The Labute approximate surface area is 126 Å². The average Bonchev–Trinajstić information content (AvgIpc) is 2.40. The molecule has 2 rings (SSSR count). The van der Waals surface area contributed by atoms with Gasteiger partial charge in [-0.05, 0) is 23.8 Å². The van der Waals surface area contributed by atoms with Crippen LogP contribution in [0, 0.1) is 5.41 Å². The number of halogens is 2. The maximum Gasteiger partial charge on any atom is 0.123 e. The fourth-order valence-corrected chi connectivity index (χ4v) is 2.94. The lowest BCUT2D eigenvalue weighted by atomic mass is 10.1. The summed E-state index contributed by atoms with van der Waals surface area (Å²) in [6.07, 6.45) is 0. The van der Waals surface area contributed by atoms with Crippen molar-refractivity contribution >= 4 is 40.8 Å². The van der Waals surface area contributed by atoms with Crippen molar-refractivity contribution in [2.75, 3.05) is 0 Å². The third-order valence-corrected chi connectivity index (χ3v) is 4.37. The van der Waals surface area contributed by atoms with Crippen LogP contribution in [0.2, 0.25) is 10.0 Å². The Hall–Kier alpha value is -1.16. The van der Waals surface area contributed by atoms with E-state index in [-0.39, 0.29) is 5.84 Å². The summed E-state index contributed by atoms with van der Waals surface area (Å²) >= 11 is 13.5. The highest BCUT2D eigenvalue weighted by atomic mass is 35.5. The average molecular weight is 311 g/mol. The zero-order valence-electron chi connectivity index (χ0n) is 9.99. The Balaban J connectivity index is 2.14. The lowest BCUT2D eigenvalue weighted by Gasteiger charge is -2.08. The van der Waals surface area contributed by atoms with E-state index in [1.807, 2.05) is 36.4 Å². The monoisotopic (exact) mass is 310 g/mol. The third-order valence-electron chi connectivity index (χ3n) is 2.59. The predicted octanol–water partition coefficient (Wildman–Crippen LogP) is 4.57. The van der Waals surface area contributed by atoms with E-state index in [1.165, 1.54) is 0 Å². The fraction of sp³-hybridized carbons (Fsp3) is 0.0714. The standard InChI is InChI=1S/C14H12Cl2N2S/c15-12-6-5-10(7-13(12)16)19-8-9-3-1-2-4-11(9)14(17)18/h1-7H,8H2,(H3,17,18). The number of amidine groups is 1. The van der Waals surface area contributed by atoms with E-state index in [4.69, 9.17) is 34.3 Å². The summed E-state index contributed by atoms with van der Waals surface area (Å²) in [6, 6.07) is 13.2. The minimum Gasteiger partial charge on any atom is -0.384 e. The van der Waals surface area contributed by atoms with Crippen LogP contribution in [0.5, 0.6) is 0 Å². The molecule has 0 aromatic heterocycles. The van der Waals surface area contributed by atoms with Crippen molar-refractivity contribution in [3.63, 3.8) is 0 Å². The van der Waals surface area contributed by atoms with Gasteiger partial charge < -0.3 is 5.73 Å². The molecule has 0 radical (unpaired) electrons. The third kappa shape index (κ3) is 3.66. The smallest absolute Gasteiger partial charge is 0.123 e. The first kappa shape index (κ1) is 14.3. The topological polar surface area (TPSA) is 49.9 Å². The lowest BCUT2D eigenvalue weighted by molar-refractivity contribution is 1.33. The minimum atomic E-state index is 0.0883. The van der Waals surface area contributed by atoms with Gasteiger partial charge in [0, 0.05) is 16.2 Å². The van der Waals surface area contributed by atoms with E-state index in [0.29, 0.717) is 10.0 Å². The van der Waals surface area contributed by atoms with Gasteiger partial charge in [-0.15, -0.1) is 11.8 Å². The van der Waals surface area contributed by atoms with Crippen molar-refractivity contribution < 1.29 is 0 Å². The van der Waals surface area contributed by atoms with Crippen LogP contribution in [0.3, 0.4) is 0 Å². The Kier molecular flexibility index (Phi) is 4.75. The number of rotatable bonds is 4. The second kappa shape index (κ2) is 6.33. The molecule has 0 spiro atoms.